The van der Waals surface area contributed by atoms with Crippen LogP contribution in [0.5, 0.6) is 5.75 Å². The quantitative estimate of drug-likeness (QED) is 0.839. The Balaban J connectivity index is 2.19. The van der Waals surface area contributed by atoms with Crippen LogP contribution in [0.15, 0.2) is 30.3 Å². The van der Waals surface area contributed by atoms with Crippen LogP contribution >= 0.6 is 0 Å². The van der Waals surface area contributed by atoms with Crippen molar-refractivity contribution in [3.05, 3.63) is 58.1 Å². The molecule has 100 valence electrons. The van der Waals surface area contributed by atoms with Crippen LogP contribution in [0.3, 0.4) is 0 Å². The Morgan fingerprint density at radius 3 is 2.11 bits per heavy atom. The number of hydrogen-bond acceptors (Lipinski definition) is 2. The Morgan fingerprint density at radius 2 is 1.53 bits per heavy atom. The Labute approximate surface area is 115 Å². The van der Waals surface area contributed by atoms with Crippen LogP contribution in [0.25, 0.3) is 0 Å². The van der Waals surface area contributed by atoms with E-state index in [0.29, 0.717) is 6.61 Å². The fraction of sp³-hybridized carbons (Fsp3) is 0.294. The molecular weight excluding hydrogens is 234 g/mol. The zero-order valence-electron chi connectivity index (χ0n) is 12.1. The normalized spacial score (nSPS) is 10.5. The third-order valence-electron chi connectivity index (χ3n) is 3.41. The van der Waals surface area contributed by atoms with Gasteiger partial charge in [0.1, 0.15) is 12.4 Å². The molecule has 2 aromatic rings. The largest absolute Gasteiger partial charge is 0.489 e. The zero-order chi connectivity index (χ0) is 14.0. The minimum absolute atomic E-state index is 0.600. The van der Waals surface area contributed by atoms with Crippen molar-refractivity contribution in [1.29, 1.82) is 0 Å². The molecule has 0 heterocycles. The second-order valence-electron chi connectivity index (χ2n) is 5.19. The van der Waals surface area contributed by atoms with Gasteiger partial charge in [-0.05, 0) is 68.1 Å². The Bertz CT molecular complexity index is 579. The molecule has 0 spiro atoms. The lowest BCUT2D eigenvalue weighted by atomic mass is 10.0. The van der Waals surface area contributed by atoms with Crippen LogP contribution in [0, 0.1) is 27.7 Å². The number of anilines is 1. The third-order valence-corrected chi connectivity index (χ3v) is 3.41. The second-order valence-corrected chi connectivity index (χ2v) is 5.19. The fourth-order valence-corrected chi connectivity index (χ4v) is 2.42. The average Bonchev–Trinajstić information content (AvgIpc) is 2.30. The minimum Gasteiger partial charge on any atom is -0.489 e. The summed E-state index contributed by atoms with van der Waals surface area (Å²) in [6, 6.07) is 10.1. The van der Waals surface area contributed by atoms with Crippen molar-refractivity contribution in [3.8, 4) is 5.75 Å². The minimum atomic E-state index is 0.600. The van der Waals surface area contributed by atoms with Gasteiger partial charge in [0, 0.05) is 5.69 Å². The van der Waals surface area contributed by atoms with Crippen LogP contribution < -0.4 is 10.5 Å². The van der Waals surface area contributed by atoms with E-state index in [9.17, 15) is 0 Å². The smallest absolute Gasteiger partial charge is 0.122 e. The first-order chi connectivity index (χ1) is 8.97. The third kappa shape index (κ3) is 3.08. The van der Waals surface area contributed by atoms with Crippen molar-refractivity contribution in [1.82, 2.24) is 0 Å². The van der Waals surface area contributed by atoms with E-state index in [4.69, 9.17) is 10.5 Å². The molecule has 0 fully saturated rings. The molecule has 2 rings (SSSR count). The lowest BCUT2D eigenvalue weighted by molar-refractivity contribution is 0.302. The molecule has 0 saturated heterocycles. The van der Waals surface area contributed by atoms with Gasteiger partial charge in [-0.2, -0.15) is 0 Å². The number of benzene rings is 2. The topological polar surface area (TPSA) is 35.2 Å². The second kappa shape index (κ2) is 5.35. The Morgan fingerprint density at radius 1 is 0.895 bits per heavy atom. The first-order valence-corrected chi connectivity index (χ1v) is 6.53. The SMILES string of the molecule is Cc1cc(C)c(COc2ccc(N)cc2C)c(C)c1. The monoisotopic (exact) mass is 255 g/mol. The van der Waals surface area contributed by atoms with Gasteiger partial charge >= 0.3 is 0 Å². The predicted octanol–water partition coefficient (Wildman–Crippen LogP) is 4.08. The lowest BCUT2D eigenvalue weighted by Gasteiger charge is -2.14. The number of nitrogen functional groups attached to an aromatic ring is 1. The molecule has 0 saturated carbocycles. The summed E-state index contributed by atoms with van der Waals surface area (Å²) in [5, 5.41) is 0. The van der Waals surface area contributed by atoms with E-state index in [-0.39, 0.29) is 0 Å². The van der Waals surface area contributed by atoms with Gasteiger partial charge in [0.15, 0.2) is 0 Å². The highest BCUT2D eigenvalue weighted by Crippen LogP contribution is 2.23. The highest BCUT2D eigenvalue weighted by molar-refractivity contribution is 5.47. The highest BCUT2D eigenvalue weighted by atomic mass is 16.5. The molecule has 2 nitrogen and oxygen atoms in total. The summed E-state index contributed by atoms with van der Waals surface area (Å²) in [5.41, 5.74) is 12.7. The molecular formula is C17H21NO. The maximum absolute atomic E-state index is 5.92. The first kappa shape index (κ1) is 13.5. The van der Waals surface area contributed by atoms with E-state index in [2.05, 4.69) is 32.9 Å². The van der Waals surface area contributed by atoms with Crippen molar-refractivity contribution in [2.75, 3.05) is 5.73 Å². The number of nitrogens with two attached hydrogens (primary N) is 1. The summed E-state index contributed by atoms with van der Waals surface area (Å²) < 4.78 is 5.92. The molecule has 0 unspecified atom stereocenters. The fourth-order valence-electron chi connectivity index (χ4n) is 2.42. The van der Waals surface area contributed by atoms with Gasteiger partial charge < -0.3 is 10.5 Å². The van der Waals surface area contributed by atoms with Crippen molar-refractivity contribution in [2.24, 2.45) is 0 Å². The zero-order valence-corrected chi connectivity index (χ0v) is 12.1. The molecule has 2 N–H and O–H groups in total. The molecule has 0 radical (unpaired) electrons. The Hall–Kier alpha value is -1.96. The average molecular weight is 255 g/mol. The van der Waals surface area contributed by atoms with Gasteiger partial charge in [-0.25, -0.2) is 0 Å². The predicted molar refractivity (Wildman–Crippen MR) is 80.6 cm³/mol. The van der Waals surface area contributed by atoms with Gasteiger partial charge in [0.05, 0.1) is 0 Å². The lowest BCUT2D eigenvalue weighted by Crippen LogP contribution is -2.02. The standard InChI is InChI=1S/C17H21NO/c1-11-7-12(2)16(13(3)8-11)10-19-17-6-5-15(18)9-14(17)4/h5-9H,10,18H2,1-4H3. The van der Waals surface area contributed by atoms with Gasteiger partial charge in [-0.3, -0.25) is 0 Å². The summed E-state index contributed by atoms with van der Waals surface area (Å²) >= 11 is 0. The highest BCUT2D eigenvalue weighted by Gasteiger charge is 2.06. The van der Waals surface area contributed by atoms with Crippen LogP contribution in [0.1, 0.15) is 27.8 Å². The molecule has 2 heteroatoms. The van der Waals surface area contributed by atoms with E-state index in [1.54, 1.807) is 0 Å². The number of rotatable bonds is 3. The molecule has 2 aromatic carbocycles. The molecule has 0 aliphatic heterocycles. The van der Waals surface area contributed by atoms with Crippen LogP contribution in [0.2, 0.25) is 0 Å². The van der Waals surface area contributed by atoms with Gasteiger partial charge in [0.25, 0.3) is 0 Å². The summed E-state index contributed by atoms with van der Waals surface area (Å²) in [5.74, 6) is 0.897. The maximum atomic E-state index is 5.92. The molecule has 0 aliphatic carbocycles. The summed E-state index contributed by atoms with van der Waals surface area (Å²) in [4.78, 5) is 0. The molecule has 0 aromatic heterocycles. The van der Waals surface area contributed by atoms with Crippen LogP contribution in [-0.4, -0.2) is 0 Å². The molecule has 0 amide bonds. The number of ether oxygens (including phenoxy) is 1. The van der Waals surface area contributed by atoms with Crippen molar-refractivity contribution < 1.29 is 4.74 Å². The number of hydrogen-bond donors (Lipinski definition) is 1. The van der Waals surface area contributed by atoms with E-state index in [1.165, 1.54) is 22.3 Å². The van der Waals surface area contributed by atoms with Gasteiger partial charge in [0.2, 0.25) is 0 Å². The van der Waals surface area contributed by atoms with E-state index in [0.717, 1.165) is 17.0 Å². The molecule has 0 bridgehead atoms. The van der Waals surface area contributed by atoms with Gasteiger partial charge in [-0.1, -0.05) is 17.7 Å². The molecule has 0 atom stereocenters. The Kier molecular flexibility index (Phi) is 3.79. The van der Waals surface area contributed by atoms with Crippen molar-refractivity contribution in [2.45, 2.75) is 34.3 Å². The molecule has 0 aliphatic rings. The molecule has 19 heavy (non-hydrogen) atoms. The summed E-state index contributed by atoms with van der Waals surface area (Å²) in [6.45, 7) is 9.00. The van der Waals surface area contributed by atoms with E-state index >= 15 is 0 Å². The van der Waals surface area contributed by atoms with Gasteiger partial charge in [-0.15, -0.1) is 0 Å². The maximum Gasteiger partial charge on any atom is 0.122 e. The van der Waals surface area contributed by atoms with Crippen LogP contribution in [0.4, 0.5) is 5.69 Å². The van der Waals surface area contributed by atoms with Crippen molar-refractivity contribution in [3.63, 3.8) is 0 Å². The van der Waals surface area contributed by atoms with Crippen molar-refractivity contribution >= 4 is 5.69 Å². The van der Waals surface area contributed by atoms with Crippen LogP contribution in [-0.2, 0) is 6.61 Å². The first-order valence-electron chi connectivity index (χ1n) is 6.53. The number of aryl methyl sites for hydroxylation is 4. The summed E-state index contributed by atoms with van der Waals surface area (Å²) in [6.07, 6.45) is 0. The van der Waals surface area contributed by atoms with E-state index < -0.39 is 0 Å². The van der Waals surface area contributed by atoms with E-state index in [1.807, 2.05) is 25.1 Å². The summed E-state index contributed by atoms with van der Waals surface area (Å²) in [7, 11) is 0.